The first-order valence-electron chi connectivity index (χ1n) is 6.12. The topological polar surface area (TPSA) is 0 Å². The highest BCUT2D eigenvalue weighted by molar-refractivity contribution is 8.00. The summed E-state index contributed by atoms with van der Waals surface area (Å²) < 4.78 is 0. The van der Waals surface area contributed by atoms with Crippen molar-refractivity contribution < 1.29 is 0 Å². The molecule has 0 bridgehead atoms. The molecule has 0 saturated heterocycles. The second-order valence-electron chi connectivity index (χ2n) is 4.73. The highest BCUT2D eigenvalue weighted by atomic mass is 32.2. The third-order valence-electron chi connectivity index (χ3n) is 3.62. The van der Waals surface area contributed by atoms with Gasteiger partial charge in [0.05, 0.1) is 0 Å². The molecule has 1 heterocycles. The van der Waals surface area contributed by atoms with Gasteiger partial charge in [0.1, 0.15) is 0 Å². The molecule has 3 rings (SSSR count). The van der Waals surface area contributed by atoms with Gasteiger partial charge in [-0.05, 0) is 34.7 Å². The zero-order valence-electron chi connectivity index (χ0n) is 10.2. The van der Waals surface area contributed by atoms with Crippen molar-refractivity contribution in [1.29, 1.82) is 0 Å². The van der Waals surface area contributed by atoms with Gasteiger partial charge in [0, 0.05) is 10.1 Å². The van der Waals surface area contributed by atoms with E-state index in [1.807, 2.05) is 11.8 Å². The zero-order valence-corrected chi connectivity index (χ0v) is 11.0. The molecule has 0 aromatic heterocycles. The lowest BCUT2D eigenvalue weighted by Gasteiger charge is -2.09. The van der Waals surface area contributed by atoms with Crippen molar-refractivity contribution in [2.24, 2.45) is 0 Å². The van der Waals surface area contributed by atoms with Gasteiger partial charge in [-0.2, -0.15) is 0 Å². The van der Waals surface area contributed by atoms with Crippen LogP contribution in [0.15, 0.2) is 53.4 Å². The molecular weight excluding hydrogens is 224 g/mol. The van der Waals surface area contributed by atoms with Crippen LogP contribution in [-0.2, 0) is 0 Å². The molecule has 0 fully saturated rings. The lowest BCUT2D eigenvalue weighted by molar-refractivity contribution is 0.762. The van der Waals surface area contributed by atoms with Crippen LogP contribution in [0.25, 0.3) is 11.1 Å². The van der Waals surface area contributed by atoms with Gasteiger partial charge in [-0.15, -0.1) is 11.8 Å². The van der Waals surface area contributed by atoms with Crippen molar-refractivity contribution in [2.75, 3.05) is 0 Å². The minimum Gasteiger partial charge on any atom is -0.122 e. The number of hydrogen-bond acceptors (Lipinski definition) is 1. The van der Waals surface area contributed by atoms with Gasteiger partial charge in [-0.1, -0.05) is 50.2 Å². The Morgan fingerprint density at radius 1 is 0.882 bits per heavy atom. The quantitative estimate of drug-likeness (QED) is 0.679. The Kier molecular flexibility index (Phi) is 2.71. The van der Waals surface area contributed by atoms with E-state index in [-0.39, 0.29) is 0 Å². The van der Waals surface area contributed by atoms with Crippen LogP contribution in [0.3, 0.4) is 0 Å². The van der Waals surface area contributed by atoms with Crippen LogP contribution in [0.2, 0.25) is 0 Å². The molecule has 2 aromatic carbocycles. The summed E-state index contributed by atoms with van der Waals surface area (Å²) in [7, 11) is 0. The van der Waals surface area contributed by atoms with E-state index in [9.17, 15) is 0 Å². The normalized spacial score (nSPS) is 22.5. The molecule has 0 N–H and O–H groups in total. The molecular formula is C16H16S. The van der Waals surface area contributed by atoms with Crippen molar-refractivity contribution in [3.8, 4) is 11.1 Å². The molecule has 1 heteroatoms. The smallest absolute Gasteiger partial charge is 0.0133 e. The fourth-order valence-corrected chi connectivity index (χ4v) is 3.66. The van der Waals surface area contributed by atoms with Crippen LogP contribution < -0.4 is 0 Å². The van der Waals surface area contributed by atoms with Crippen molar-refractivity contribution in [3.05, 3.63) is 54.1 Å². The molecule has 2 aromatic rings. The monoisotopic (exact) mass is 240 g/mol. The number of fused-ring (bicyclic) bond motifs is 1. The van der Waals surface area contributed by atoms with Crippen molar-refractivity contribution in [2.45, 2.75) is 29.9 Å². The van der Waals surface area contributed by atoms with Crippen molar-refractivity contribution in [3.63, 3.8) is 0 Å². The van der Waals surface area contributed by atoms with Crippen LogP contribution in [0.1, 0.15) is 25.3 Å². The minimum absolute atomic E-state index is 0.665. The summed E-state index contributed by atoms with van der Waals surface area (Å²) in [5.74, 6) is 0.665. The van der Waals surface area contributed by atoms with Gasteiger partial charge in [0.2, 0.25) is 0 Å². The Bertz CT molecular complexity index is 530. The number of rotatable bonds is 1. The average molecular weight is 240 g/mol. The van der Waals surface area contributed by atoms with Gasteiger partial charge >= 0.3 is 0 Å². The summed E-state index contributed by atoms with van der Waals surface area (Å²) in [6.07, 6.45) is 0. The molecule has 86 valence electrons. The summed E-state index contributed by atoms with van der Waals surface area (Å²) in [4.78, 5) is 1.46. The molecule has 2 unspecified atom stereocenters. The van der Waals surface area contributed by atoms with E-state index in [0.29, 0.717) is 11.2 Å². The number of benzene rings is 2. The van der Waals surface area contributed by atoms with Crippen LogP contribution in [0.5, 0.6) is 0 Å². The Labute approximate surface area is 107 Å². The Balaban J connectivity index is 2.06. The van der Waals surface area contributed by atoms with E-state index in [0.717, 1.165) is 0 Å². The van der Waals surface area contributed by atoms with E-state index in [1.54, 1.807) is 0 Å². The minimum atomic E-state index is 0.665. The van der Waals surface area contributed by atoms with E-state index >= 15 is 0 Å². The van der Waals surface area contributed by atoms with E-state index in [1.165, 1.54) is 21.6 Å². The molecule has 1 aliphatic rings. The SMILES string of the molecule is CC1Sc2ccc(-c3ccccc3)cc2C1C. The van der Waals surface area contributed by atoms with Crippen LogP contribution in [0.4, 0.5) is 0 Å². The van der Waals surface area contributed by atoms with Crippen LogP contribution >= 0.6 is 11.8 Å². The fourth-order valence-electron chi connectivity index (χ4n) is 2.38. The third kappa shape index (κ3) is 1.89. The standard InChI is InChI=1S/C16H16S/c1-11-12(2)17-16-9-8-14(10-15(11)16)13-6-4-3-5-7-13/h3-12H,1-2H3. The Hall–Kier alpha value is -1.21. The summed E-state index contributed by atoms with van der Waals surface area (Å²) in [6, 6.07) is 17.5. The van der Waals surface area contributed by atoms with Gasteiger partial charge in [0.15, 0.2) is 0 Å². The van der Waals surface area contributed by atoms with Crippen molar-refractivity contribution in [1.82, 2.24) is 0 Å². The first-order chi connectivity index (χ1) is 8.25. The van der Waals surface area contributed by atoms with E-state index < -0.39 is 0 Å². The maximum atomic E-state index is 2.37. The molecule has 17 heavy (non-hydrogen) atoms. The zero-order chi connectivity index (χ0) is 11.8. The van der Waals surface area contributed by atoms with Gasteiger partial charge in [-0.25, -0.2) is 0 Å². The highest BCUT2D eigenvalue weighted by Gasteiger charge is 2.26. The molecule has 0 saturated carbocycles. The maximum Gasteiger partial charge on any atom is 0.0133 e. The summed E-state index contributed by atoms with van der Waals surface area (Å²) in [6.45, 7) is 4.65. The summed E-state index contributed by atoms with van der Waals surface area (Å²) >= 11 is 2.00. The highest BCUT2D eigenvalue weighted by Crippen LogP contribution is 2.46. The second-order valence-corrected chi connectivity index (χ2v) is 6.15. The molecule has 1 aliphatic heterocycles. The predicted molar refractivity (Wildman–Crippen MR) is 75.6 cm³/mol. The van der Waals surface area contributed by atoms with Crippen LogP contribution in [-0.4, -0.2) is 5.25 Å². The molecule has 0 aliphatic carbocycles. The number of thioether (sulfide) groups is 1. The van der Waals surface area contributed by atoms with E-state index in [4.69, 9.17) is 0 Å². The van der Waals surface area contributed by atoms with Gasteiger partial charge < -0.3 is 0 Å². The first kappa shape index (κ1) is 10.9. The second kappa shape index (κ2) is 4.23. The lowest BCUT2D eigenvalue weighted by atomic mass is 9.95. The summed E-state index contributed by atoms with van der Waals surface area (Å²) in [5, 5.41) is 0.705. The van der Waals surface area contributed by atoms with E-state index in [2.05, 4.69) is 62.4 Å². The lowest BCUT2D eigenvalue weighted by Crippen LogP contribution is -2.00. The van der Waals surface area contributed by atoms with Crippen LogP contribution in [0, 0.1) is 0 Å². The maximum absolute atomic E-state index is 2.37. The predicted octanol–water partition coefficient (Wildman–Crippen LogP) is 4.95. The molecule has 0 radical (unpaired) electrons. The van der Waals surface area contributed by atoms with Gasteiger partial charge in [0.25, 0.3) is 0 Å². The first-order valence-corrected chi connectivity index (χ1v) is 6.99. The number of hydrogen-bond donors (Lipinski definition) is 0. The third-order valence-corrected chi connectivity index (χ3v) is 5.03. The van der Waals surface area contributed by atoms with Gasteiger partial charge in [-0.3, -0.25) is 0 Å². The Morgan fingerprint density at radius 2 is 1.65 bits per heavy atom. The average Bonchev–Trinajstić information content (AvgIpc) is 2.66. The molecule has 0 amide bonds. The fraction of sp³-hybridized carbons (Fsp3) is 0.250. The molecule has 0 nitrogen and oxygen atoms in total. The molecule has 2 atom stereocenters. The van der Waals surface area contributed by atoms with Crippen molar-refractivity contribution >= 4 is 11.8 Å². The summed E-state index contributed by atoms with van der Waals surface area (Å²) in [5.41, 5.74) is 4.17. The molecule has 0 spiro atoms. The Morgan fingerprint density at radius 3 is 2.41 bits per heavy atom. The largest absolute Gasteiger partial charge is 0.122 e.